The summed E-state index contributed by atoms with van der Waals surface area (Å²) in [5.41, 5.74) is 6.81. The molecule has 0 amide bonds. The average Bonchev–Trinajstić information content (AvgIpc) is 2.08. The fourth-order valence-corrected chi connectivity index (χ4v) is 1.40. The largest absolute Gasteiger partial charge is 0.398 e. The summed E-state index contributed by atoms with van der Waals surface area (Å²) in [4.78, 5) is 11.7. The maximum atomic E-state index is 11.0. The van der Waals surface area contributed by atoms with Gasteiger partial charge >= 0.3 is 0 Å². The fourth-order valence-electron chi connectivity index (χ4n) is 1.00. The van der Waals surface area contributed by atoms with E-state index in [1.807, 2.05) is 0 Å². The second-order valence-corrected chi connectivity index (χ2v) is 3.74. The van der Waals surface area contributed by atoms with Crippen LogP contribution >= 0.6 is 24.2 Å². The van der Waals surface area contributed by atoms with Gasteiger partial charge in [-0.2, -0.15) is 0 Å². The van der Waals surface area contributed by atoms with Crippen LogP contribution < -0.4 is 5.73 Å². The normalized spacial score (nSPS) is 12.5. The van der Waals surface area contributed by atoms with Crippen molar-refractivity contribution in [2.45, 2.75) is 17.2 Å². The third-order valence-electron chi connectivity index (χ3n) is 1.70. The Morgan fingerprint density at radius 2 is 2.23 bits per heavy atom. The first kappa shape index (κ1) is 10.4. The number of rotatable bonds is 2. The van der Waals surface area contributed by atoms with Crippen molar-refractivity contribution in [2.24, 2.45) is 0 Å². The molecule has 0 aliphatic carbocycles. The molecule has 0 spiro atoms. The Hall–Kier alpha value is -0.670. The van der Waals surface area contributed by atoms with Crippen molar-refractivity contribution in [3.63, 3.8) is 0 Å². The number of ketones is 1. The molecule has 0 aromatic heterocycles. The van der Waals surface area contributed by atoms with Gasteiger partial charge in [0, 0.05) is 16.1 Å². The van der Waals surface area contributed by atoms with Crippen molar-refractivity contribution < 1.29 is 4.79 Å². The minimum absolute atomic E-state index is 0.118. The molecule has 0 aliphatic heterocycles. The Labute approximate surface area is 87.5 Å². The van der Waals surface area contributed by atoms with Gasteiger partial charge < -0.3 is 5.73 Å². The molecule has 13 heavy (non-hydrogen) atoms. The minimum atomic E-state index is -0.674. The molecule has 0 radical (unpaired) electrons. The number of alkyl halides is 1. The molecule has 0 heterocycles. The molecule has 70 valence electrons. The highest BCUT2D eigenvalue weighted by Gasteiger charge is 2.15. The molecule has 2 nitrogen and oxygen atoms in total. The summed E-state index contributed by atoms with van der Waals surface area (Å²) < 4.78 is 0. The second kappa shape index (κ2) is 4.03. The van der Waals surface area contributed by atoms with Crippen molar-refractivity contribution in [1.82, 2.24) is 0 Å². The Morgan fingerprint density at radius 1 is 1.62 bits per heavy atom. The smallest absolute Gasteiger partial charge is 0.152 e. The molecule has 0 aliphatic rings. The molecule has 0 bridgehead atoms. The molecular formula is C9H10ClNOS. The predicted molar refractivity (Wildman–Crippen MR) is 57.4 cm³/mol. The summed E-state index contributed by atoms with van der Waals surface area (Å²) in [6, 6.07) is 5.15. The van der Waals surface area contributed by atoms with E-state index in [0.29, 0.717) is 11.3 Å². The number of Topliss-reactive ketones (excluding diaryl/α,β-unsaturated/α-hetero) is 1. The molecule has 1 aromatic rings. The van der Waals surface area contributed by atoms with E-state index in [2.05, 4.69) is 12.6 Å². The molecule has 0 saturated carbocycles. The zero-order chi connectivity index (χ0) is 10.0. The Bertz CT molecular complexity index is 340. The highest BCUT2D eigenvalue weighted by molar-refractivity contribution is 7.80. The SMILES string of the molecule is CC(=O)C(Cl)c1cc(S)ccc1N. The van der Waals surface area contributed by atoms with Crippen molar-refractivity contribution in [2.75, 3.05) is 5.73 Å². The number of thiol groups is 1. The summed E-state index contributed by atoms with van der Waals surface area (Å²) in [6.07, 6.45) is 0. The molecular weight excluding hydrogens is 206 g/mol. The van der Waals surface area contributed by atoms with E-state index in [-0.39, 0.29) is 5.78 Å². The fraction of sp³-hybridized carbons (Fsp3) is 0.222. The molecule has 4 heteroatoms. The summed E-state index contributed by atoms with van der Waals surface area (Å²) >= 11 is 9.99. The van der Waals surface area contributed by atoms with Gasteiger partial charge in [-0.25, -0.2) is 0 Å². The number of hydrogen-bond acceptors (Lipinski definition) is 3. The molecule has 1 atom stereocenters. The maximum absolute atomic E-state index is 11.0. The zero-order valence-electron chi connectivity index (χ0n) is 7.12. The van der Waals surface area contributed by atoms with Gasteiger partial charge in [0.1, 0.15) is 5.38 Å². The summed E-state index contributed by atoms with van der Waals surface area (Å²) in [7, 11) is 0. The Kier molecular flexibility index (Phi) is 3.22. The molecule has 1 rings (SSSR count). The van der Waals surface area contributed by atoms with Crippen LogP contribution in [0.5, 0.6) is 0 Å². The average molecular weight is 216 g/mol. The van der Waals surface area contributed by atoms with E-state index in [0.717, 1.165) is 4.90 Å². The van der Waals surface area contributed by atoms with E-state index in [4.69, 9.17) is 17.3 Å². The standard InChI is InChI=1S/C9H10ClNOS/c1-5(12)9(10)7-4-6(13)2-3-8(7)11/h2-4,9,13H,11H2,1H3. The lowest BCUT2D eigenvalue weighted by atomic mass is 10.1. The minimum Gasteiger partial charge on any atom is -0.398 e. The van der Waals surface area contributed by atoms with E-state index >= 15 is 0 Å². The summed E-state index contributed by atoms with van der Waals surface area (Å²) in [5, 5.41) is -0.674. The van der Waals surface area contributed by atoms with E-state index in [1.54, 1.807) is 18.2 Å². The number of nitrogens with two attached hydrogens (primary N) is 1. The molecule has 1 unspecified atom stereocenters. The molecule has 0 fully saturated rings. The number of benzene rings is 1. The topological polar surface area (TPSA) is 43.1 Å². The van der Waals surface area contributed by atoms with Crippen molar-refractivity contribution >= 4 is 35.7 Å². The van der Waals surface area contributed by atoms with Gasteiger partial charge in [0.05, 0.1) is 0 Å². The molecule has 1 aromatic carbocycles. The monoisotopic (exact) mass is 215 g/mol. The van der Waals surface area contributed by atoms with E-state index < -0.39 is 5.38 Å². The molecule has 2 N–H and O–H groups in total. The number of hydrogen-bond donors (Lipinski definition) is 2. The van der Waals surface area contributed by atoms with Gasteiger partial charge in [-0.3, -0.25) is 4.79 Å². The van der Waals surface area contributed by atoms with Crippen LogP contribution in [0.25, 0.3) is 0 Å². The number of anilines is 1. The van der Waals surface area contributed by atoms with Gasteiger partial charge in [-0.15, -0.1) is 24.2 Å². The second-order valence-electron chi connectivity index (χ2n) is 2.79. The van der Waals surface area contributed by atoms with Crippen LogP contribution in [-0.4, -0.2) is 5.78 Å². The number of carbonyl (C=O) groups excluding carboxylic acids is 1. The van der Waals surface area contributed by atoms with Crippen molar-refractivity contribution in [1.29, 1.82) is 0 Å². The quantitative estimate of drug-likeness (QED) is 0.452. The first-order chi connectivity index (χ1) is 6.02. The van der Waals surface area contributed by atoms with Crippen LogP contribution in [0.2, 0.25) is 0 Å². The number of halogens is 1. The highest BCUT2D eigenvalue weighted by Crippen LogP contribution is 2.28. The van der Waals surface area contributed by atoms with Crippen LogP contribution in [0.15, 0.2) is 23.1 Å². The van der Waals surface area contributed by atoms with Crippen molar-refractivity contribution in [3.8, 4) is 0 Å². The van der Waals surface area contributed by atoms with Crippen LogP contribution in [0.3, 0.4) is 0 Å². The summed E-state index contributed by atoms with van der Waals surface area (Å²) in [6.45, 7) is 1.43. The Balaban J connectivity index is 3.12. The summed E-state index contributed by atoms with van der Waals surface area (Å²) in [5.74, 6) is -0.118. The van der Waals surface area contributed by atoms with Gasteiger partial charge in [-0.05, 0) is 25.1 Å². The third kappa shape index (κ3) is 2.39. The van der Waals surface area contributed by atoms with E-state index in [1.165, 1.54) is 6.92 Å². The van der Waals surface area contributed by atoms with Crippen LogP contribution in [-0.2, 0) is 4.79 Å². The van der Waals surface area contributed by atoms with Crippen LogP contribution in [0.1, 0.15) is 17.9 Å². The molecule has 0 saturated heterocycles. The van der Waals surface area contributed by atoms with Gasteiger partial charge in [-0.1, -0.05) is 0 Å². The van der Waals surface area contributed by atoms with Gasteiger partial charge in [0.25, 0.3) is 0 Å². The van der Waals surface area contributed by atoms with Gasteiger partial charge in [0.2, 0.25) is 0 Å². The lowest BCUT2D eigenvalue weighted by Gasteiger charge is -2.09. The van der Waals surface area contributed by atoms with Crippen molar-refractivity contribution in [3.05, 3.63) is 23.8 Å². The lowest BCUT2D eigenvalue weighted by molar-refractivity contribution is -0.116. The lowest BCUT2D eigenvalue weighted by Crippen LogP contribution is -2.04. The van der Waals surface area contributed by atoms with E-state index in [9.17, 15) is 4.79 Å². The van der Waals surface area contributed by atoms with Crippen LogP contribution in [0, 0.1) is 0 Å². The third-order valence-corrected chi connectivity index (χ3v) is 2.52. The predicted octanol–water partition coefficient (Wildman–Crippen LogP) is 2.43. The highest BCUT2D eigenvalue weighted by atomic mass is 35.5. The maximum Gasteiger partial charge on any atom is 0.152 e. The van der Waals surface area contributed by atoms with Crippen LogP contribution in [0.4, 0.5) is 5.69 Å². The first-order valence-electron chi connectivity index (χ1n) is 3.75. The first-order valence-corrected chi connectivity index (χ1v) is 4.63. The number of nitrogen functional groups attached to an aromatic ring is 1. The number of carbonyl (C=O) groups is 1. The van der Waals surface area contributed by atoms with Gasteiger partial charge in [0.15, 0.2) is 5.78 Å². The Morgan fingerprint density at radius 3 is 2.77 bits per heavy atom. The zero-order valence-corrected chi connectivity index (χ0v) is 8.77.